The molecule has 0 aliphatic carbocycles. The molecule has 0 amide bonds. The number of carbonyl (C=O) groups excluding carboxylic acids is 4. The number of phosphoric acid groups is 2. The summed E-state index contributed by atoms with van der Waals surface area (Å²) in [5.74, 6) is -1.40. The fraction of sp³-hybridized carbons (Fsp3) is 0.950. The number of hydrogen-bond donors (Lipinski definition) is 3. The Kier molecular flexibility index (Phi) is 71.6. The summed E-state index contributed by atoms with van der Waals surface area (Å²) < 4.78 is 68.7. The van der Waals surface area contributed by atoms with Gasteiger partial charge in [-0.05, 0) is 31.6 Å². The van der Waals surface area contributed by atoms with E-state index in [1.807, 2.05) is 0 Å². The lowest BCUT2D eigenvalue weighted by Gasteiger charge is -2.21. The minimum Gasteiger partial charge on any atom is -0.462 e. The predicted octanol–water partition coefficient (Wildman–Crippen LogP) is 24.0. The normalized spacial score (nSPS) is 13.9. The molecule has 99 heavy (non-hydrogen) atoms. The third kappa shape index (κ3) is 74.1. The van der Waals surface area contributed by atoms with Gasteiger partial charge in [-0.15, -0.1) is 0 Å². The SMILES string of the molecule is CCCCCCCCCCCCCCCCCCCCCCCC(=O)O[C@H](COC(=O)CCCCCCCCCCCCCCCC)COP(=O)(O)OC[C@@H](O)COP(=O)(O)OC[C@@H](COC(=O)CCCCCCCCCC(C)C)OC(=O)CCCCCCCCCCCCCCCC. The van der Waals surface area contributed by atoms with Gasteiger partial charge in [0.15, 0.2) is 12.2 Å². The van der Waals surface area contributed by atoms with Crippen LogP contribution in [0.4, 0.5) is 0 Å². The highest BCUT2D eigenvalue weighted by atomic mass is 31.2. The molecule has 3 N–H and O–H groups in total. The first kappa shape index (κ1) is 97.1. The molecule has 0 bridgehead atoms. The van der Waals surface area contributed by atoms with Gasteiger partial charge in [-0.2, -0.15) is 0 Å². The molecule has 0 aromatic heterocycles. The molecule has 17 nitrogen and oxygen atoms in total. The van der Waals surface area contributed by atoms with Crippen molar-refractivity contribution in [2.75, 3.05) is 39.6 Å². The number of hydrogen-bond acceptors (Lipinski definition) is 15. The molecule has 5 atom stereocenters. The maximum Gasteiger partial charge on any atom is 0.472 e. The fourth-order valence-corrected chi connectivity index (χ4v) is 14.0. The topological polar surface area (TPSA) is 237 Å². The maximum atomic E-state index is 13.1. The monoisotopic (exact) mass is 1450 g/mol. The van der Waals surface area contributed by atoms with E-state index >= 15 is 0 Å². The van der Waals surface area contributed by atoms with Crippen LogP contribution in [0.25, 0.3) is 0 Å². The number of carbonyl (C=O) groups is 4. The van der Waals surface area contributed by atoms with Crippen molar-refractivity contribution in [3.05, 3.63) is 0 Å². The smallest absolute Gasteiger partial charge is 0.462 e. The summed E-state index contributed by atoms with van der Waals surface area (Å²) in [6.07, 6.45) is 63.9. The molecule has 0 rings (SSSR count). The second-order valence-electron chi connectivity index (χ2n) is 29.3. The third-order valence-electron chi connectivity index (χ3n) is 18.8. The summed E-state index contributed by atoms with van der Waals surface area (Å²) in [6, 6.07) is 0. The average molecular weight is 1450 g/mol. The molecule has 0 aromatic carbocycles. The molecule has 0 aliphatic heterocycles. The summed E-state index contributed by atoms with van der Waals surface area (Å²) in [5, 5.41) is 10.6. The zero-order valence-corrected chi connectivity index (χ0v) is 66.4. The van der Waals surface area contributed by atoms with E-state index in [9.17, 15) is 43.2 Å². The molecule has 0 saturated carbocycles. The predicted molar refractivity (Wildman–Crippen MR) is 405 cm³/mol. The highest BCUT2D eigenvalue weighted by Crippen LogP contribution is 2.45. The van der Waals surface area contributed by atoms with Crippen molar-refractivity contribution >= 4 is 39.5 Å². The van der Waals surface area contributed by atoms with Gasteiger partial charge in [-0.25, -0.2) is 9.13 Å². The zero-order chi connectivity index (χ0) is 72.7. The van der Waals surface area contributed by atoms with E-state index in [0.29, 0.717) is 31.6 Å². The first-order valence-corrected chi connectivity index (χ1v) is 44.6. The van der Waals surface area contributed by atoms with Crippen LogP contribution in [0.3, 0.4) is 0 Å². The van der Waals surface area contributed by atoms with E-state index in [1.54, 1.807) is 0 Å². The van der Waals surface area contributed by atoms with E-state index in [2.05, 4.69) is 34.6 Å². The highest BCUT2D eigenvalue weighted by Gasteiger charge is 2.30. The summed E-state index contributed by atoms with van der Waals surface area (Å²) in [4.78, 5) is 72.9. The summed E-state index contributed by atoms with van der Waals surface area (Å²) >= 11 is 0. The van der Waals surface area contributed by atoms with Gasteiger partial charge in [0.2, 0.25) is 0 Å². The Morgan fingerprint density at radius 3 is 0.687 bits per heavy atom. The summed E-state index contributed by atoms with van der Waals surface area (Å²) in [6.45, 7) is 7.27. The van der Waals surface area contributed by atoms with Crippen molar-refractivity contribution in [1.29, 1.82) is 0 Å². The Balaban J connectivity index is 5.21. The Morgan fingerprint density at radius 1 is 0.273 bits per heavy atom. The molecular weight excluding hydrogens is 1290 g/mol. The fourth-order valence-electron chi connectivity index (χ4n) is 12.4. The molecule has 2 unspecified atom stereocenters. The van der Waals surface area contributed by atoms with Crippen molar-refractivity contribution in [2.45, 2.75) is 445 Å². The van der Waals surface area contributed by atoms with Gasteiger partial charge in [0.1, 0.15) is 19.3 Å². The third-order valence-corrected chi connectivity index (χ3v) is 20.7. The van der Waals surface area contributed by atoms with Crippen LogP contribution in [0.1, 0.15) is 426 Å². The maximum absolute atomic E-state index is 13.1. The van der Waals surface area contributed by atoms with Gasteiger partial charge in [0.05, 0.1) is 26.4 Å². The minimum atomic E-state index is -4.96. The van der Waals surface area contributed by atoms with E-state index in [0.717, 1.165) is 96.3 Å². The minimum absolute atomic E-state index is 0.108. The van der Waals surface area contributed by atoms with Gasteiger partial charge in [-0.1, -0.05) is 375 Å². The van der Waals surface area contributed by atoms with Crippen LogP contribution in [-0.4, -0.2) is 96.7 Å². The van der Waals surface area contributed by atoms with E-state index in [-0.39, 0.29) is 25.7 Å². The lowest BCUT2D eigenvalue weighted by atomic mass is 10.0. The quantitative estimate of drug-likeness (QED) is 0.0222. The zero-order valence-electron chi connectivity index (χ0n) is 64.6. The molecule has 0 aliphatic rings. The number of esters is 4. The van der Waals surface area contributed by atoms with Crippen LogP contribution < -0.4 is 0 Å². The number of phosphoric ester groups is 2. The molecule has 0 fully saturated rings. The van der Waals surface area contributed by atoms with Gasteiger partial charge in [0, 0.05) is 25.7 Å². The second-order valence-corrected chi connectivity index (χ2v) is 32.2. The van der Waals surface area contributed by atoms with Crippen LogP contribution >= 0.6 is 15.6 Å². The Labute approximate surface area is 607 Å². The molecule has 0 radical (unpaired) electrons. The molecule has 0 saturated heterocycles. The van der Waals surface area contributed by atoms with Crippen LogP contribution in [0.15, 0.2) is 0 Å². The first-order chi connectivity index (χ1) is 48.0. The molecule has 0 spiro atoms. The summed E-state index contributed by atoms with van der Waals surface area (Å²) in [7, 11) is -9.92. The lowest BCUT2D eigenvalue weighted by molar-refractivity contribution is -0.161. The van der Waals surface area contributed by atoms with Crippen LogP contribution in [0, 0.1) is 5.92 Å². The van der Waals surface area contributed by atoms with Crippen molar-refractivity contribution in [3.8, 4) is 0 Å². The van der Waals surface area contributed by atoms with Crippen molar-refractivity contribution < 1.29 is 80.2 Å². The van der Waals surface area contributed by atoms with Crippen molar-refractivity contribution in [3.63, 3.8) is 0 Å². The van der Waals surface area contributed by atoms with E-state index in [1.165, 1.54) is 244 Å². The van der Waals surface area contributed by atoms with Crippen LogP contribution in [-0.2, 0) is 65.4 Å². The highest BCUT2D eigenvalue weighted by molar-refractivity contribution is 7.47. The standard InChI is InChI=1S/C80H156O17P2/c1-6-9-12-15-18-21-24-27-30-31-32-33-34-35-36-39-42-45-50-56-61-66-79(84)96-75(69-90-77(82)63-58-53-48-43-40-37-28-25-22-19-16-13-10-7-2)71-94-98(86,87)92-67-74(81)68-93-99(88,89)95-72-76(70-91-78(83)64-59-54-51-46-47-52-57-62-73(4)5)97-80(85)65-60-55-49-44-41-38-29-26-23-20-17-14-11-8-3/h73-76,81H,6-72H2,1-5H3,(H,86,87)(H,88,89)/t74-,75-,76-/m1/s1. The first-order valence-electron chi connectivity index (χ1n) is 41.6. The largest absolute Gasteiger partial charge is 0.472 e. The lowest BCUT2D eigenvalue weighted by Crippen LogP contribution is -2.30. The molecular formula is C80H156O17P2. The number of unbranched alkanes of at least 4 members (excludes halogenated alkanes) is 52. The van der Waals surface area contributed by atoms with Crippen molar-refractivity contribution in [1.82, 2.24) is 0 Å². The molecule has 0 heterocycles. The average Bonchev–Trinajstić information content (AvgIpc) is 1.04. The molecule has 0 aromatic rings. The Hall–Kier alpha value is -1.94. The van der Waals surface area contributed by atoms with Crippen molar-refractivity contribution in [2.24, 2.45) is 5.92 Å². The number of aliphatic hydroxyl groups is 1. The number of ether oxygens (including phenoxy) is 4. The molecule has 588 valence electrons. The van der Waals surface area contributed by atoms with Crippen LogP contribution in [0.2, 0.25) is 0 Å². The van der Waals surface area contributed by atoms with Gasteiger partial charge in [-0.3, -0.25) is 37.3 Å². The van der Waals surface area contributed by atoms with Crippen LogP contribution in [0.5, 0.6) is 0 Å². The second kappa shape index (κ2) is 73.0. The van der Waals surface area contributed by atoms with Gasteiger partial charge in [0.25, 0.3) is 0 Å². The Bertz CT molecular complexity index is 1890. The summed E-state index contributed by atoms with van der Waals surface area (Å²) in [5.41, 5.74) is 0. The Morgan fingerprint density at radius 2 is 0.465 bits per heavy atom. The molecule has 19 heteroatoms. The van der Waals surface area contributed by atoms with E-state index in [4.69, 9.17) is 37.0 Å². The number of aliphatic hydroxyl groups excluding tert-OH is 1. The number of rotatable bonds is 80. The van der Waals surface area contributed by atoms with Gasteiger partial charge >= 0.3 is 39.5 Å². The van der Waals surface area contributed by atoms with E-state index < -0.39 is 97.5 Å². The van der Waals surface area contributed by atoms with Gasteiger partial charge < -0.3 is 33.8 Å².